The van der Waals surface area contributed by atoms with Crippen molar-refractivity contribution < 1.29 is 9.18 Å². The van der Waals surface area contributed by atoms with Gasteiger partial charge in [-0.2, -0.15) is 0 Å². The van der Waals surface area contributed by atoms with Crippen molar-refractivity contribution >= 4 is 11.7 Å². The molecule has 2 aromatic rings. The molecule has 1 aromatic carbocycles. The van der Waals surface area contributed by atoms with Crippen molar-refractivity contribution in [2.75, 3.05) is 31.5 Å². The standard InChI is InChI=1S/C19H23FN4O/c20-17-6-2-1-5-16(17)12-23-19(25)14-24-10-8-15(13-24)11-22-18-7-3-4-9-21-18/h1-7,9,15H,8,10-14H2,(H,21,22)(H,23,25)/t15-/m1/s1. The lowest BCUT2D eigenvalue weighted by atomic mass is 10.1. The van der Waals surface area contributed by atoms with Crippen molar-refractivity contribution in [1.82, 2.24) is 15.2 Å². The van der Waals surface area contributed by atoms with Crippen LogP contribution in [-0.4, -0.2) is 42.0 Å². The van der Waals surface area contributed by atoms with Crippen LogP contribution in [-0.2, 0) is 11.3 Å². The molecule has 1 aliphatic rings. The van der Waals surface area contributed by atoms with E-state index in [0.717, 1.165) is 31.9 Å². The number of amides is 1. The zero-order chi connectivity index (χ0) is 17.5. The molecule has 2 N–H and O–H groups in total. The minimum Gasteiger partial charge on any atom is -0.370 e. The van der Waals surface area contributed by atoms with Gasteiger partial charge in [0.05, 0.1) is 6.54 Å². The molecule has 0 radical (unpaired) electrons. The molecule has 6 heteroatoms. The fraction of sp³-hybridized carbons (Fsp3) is 0.368. The van der Waals surface area contributed by atoms with Crippen molar-refractivity contribution in [2.45, 2.75) is 13.0 Å². The lowest BCUT2D eigenvalue weighted by Crippen LogP contribution is -2.36. The molecule has 3 rings (SSSR count). The van der Waals surface area contributed by atoms with E-state index in [2.05, 4.69) is 20.5 Å². The number of nitrogens with zero attached hydrogens (tertiary/aromatic N) is 2. The van der Waals surface area contributed by atoms with Gasteiger partial charge in [-0.05, 0) is 37.1 Å². The first-order chi connectivity index (χ1) is 12.2. The largest absolute Gasteiger partial charge is 0.370 e. The quantitative estimate of drug-likeness (QED) is 0.810. The summed E-state index contributed by atoms with van der Waals surface area (Å²) in [5.41, 5.74) is 0.509. The molecule has 1 atom stereocenters. The average molecular weight is 342 g/mol. The van der Waals surface area contributed by atoms with Crippen LogP contribution in [0.2, 0.25) is 0 Å². The van der Waals surface area contributed by atoms with Crippen LogP contribution in [0.5, 0.6) is 0 Å². The first kappa shape index (κ1) is 17.4. The summed E-state index contributed by atoms with van der Waals surface area (Å²) in [5, 5.41) is 6.13. The molecular weight excluding hydrogens is 319 g/mol. The number of nitrogens with one attached hydrogen (secondary N) is 2. The predicted octanol–water partition coefficient (Wildman–Crippen LogP) is 2.27. The number of halogens is 1. The van der Waals surface area contributed by atoms with Gasteiger partial charge in [-0.25, -0.2) is 9.37 Å². The normalized spacial score (nSPS) is 17.4. The van der Waals surface area contributed by atoms with Gasteiger partial charge in [0.2, 0.25) is 5.91 Å². The van der Waals surface area contributed by atoms with E-state index in [1.165, 1.54) is 6.07 Å². The van der Waals surface area contributed by atoms with Gasteiger partial charge in [0.25, 0.3) is 0 Å². The molecule has 0 bridgehead atoms. The first-order valence-electron chi connectivity index (χ1n) is 8.58. The molecule has 5 nitrogen and oxygen atoms in total. The Bertz CT molecular complexity index is 695. The van der Waals surface area contributed by atoms with Crippen molar-refractivity contribution in [2.24, 2.45) is 5.92 Å². The number of anilines is 1. The van der Waals surface area contributed by atoms with E-state index in [-0.39, 0.29) is 18.3 Å². The third-order valence-electron chi connectivity index (χ3n) is 4.41. The predicted molar refractivity (Wildman–Crippen MR) is 95.5 cm³/mol. The van der Waals surface area contributed by atoms with Gasteiger partial charge in [-0.15, -0.1) is 0 Å². The lowest BCUT2D eigenvalue weighted by molar-refractivity contribution is -0.122. The van der Waals surface area contributed by atoms with Gasteiger partial charge in [0.1, 0.15) is 11.6 Å². The second-order valence-corrected chi connectivity index (χ2v) is 6.35. The topological polar surface area (TPSA) is 57.3 Å². The van der Waals surface area contributed by atoms with E-state index >= 15 is 0 Å². The molecule has 1 amide bonds. The monoisotopic (exact) mass is 342 g/mol. The Hall–Kier alpha value is -2.47. The molecule has 0 aliphatic carbocycles. The molecule has 1 saturated heterocycles. The second kappa shape index (κ2) is 8.58. The van der Waals surface area contributed by atoms with Crippen LogP contribution in [0.25, 0.3) is 0 Å². The van der Waals surface area contributed by atoms with E-state index in [4.69, 9.17) is 0 Å². The zero-order valence-corrected chi connectivity index (χ0v) is 14.1. The van der Waals surface area contributed by atoms with Crippen LogP contribution in [0.4, 0.5) is 10.2 Å². The van der Waals surface area contributed by atoms with E-state index in [1.807, 2.05) is 18.2 Å². The molecular formula is C19H23FN4O. The maximum Gasteiger partial charge on any atom is 0.234 e. The zero-order valence-electron chi connectivity index (χ0n) is 14.1. The summed E-state index contributed by atoms with van der Waals surface area (Å²) < 4.78 is 13.5. The van der Waals surface area contributed by atoms with Crippen LogP contribution in [0.3, 0.4) is 0 Å². The Morgan fingerprint density at radius 1 is 1.24 bits per heavy atom. The van der Waals surface area contributed by atoms with Crippen molar-refractivity contribution in [3.8, 4) is 0 Å². The van der Waals surface area contributed by atoms with E-state index < -0.39 is 0 Å². The van der Waals surface area contributed by atoms with Crippen molar-refractivity contribution in [3.63, 3.8) is 0 Å². The fourth-order valence-electron chi connectivity index (χ4n) is 3.03. The van der Waals surface area contributed by atoms with Crippen LogP contribution in [0.15, 0.2) is 48.7 Å². The van der Waals surface area contributed by atoms with E-state index in [1.54, 1.807) is 24.4 Å². The summed E-state index contributed by atoms with van der Waals surface area (Å²) in [4.78, 5) is 18.5. The van der Waals surface area contributed by atoms with Gasteiger partial charge in [0.15, 0.2) is 0 Å². The molecule has 25 heavy (non-hydrogen) atoms. The Balaban J connectivity index is 1.37. The number of rotatable bonds is 7. The van der Waals surface area contributed by atoms with Crippen LogP contribution >= 0.6 is 0 Å². The summed E-state index contributed by atoms with van der Waals surface area (Å²) >= 11 is 0. The number of aromatic nitrogens is 1. The highest BCUT2D eigenvalue weighted by Gasteiger charge is 2.23. The molecule has 2 heterocycles. The summed E-state index contributed by atoms with van der Waals surface area (Å²) in [6.45, 7) is 3.22. The van der Waals surface area contributed by atoms with Crippen LogP contribution in [0.1, 0.15) is 12.0 Å². The van der Waals surface area contributed by atoms with Crippen LogP contribution in [0, 0.1) is 11.7 Å². The number of hydrogen-bond donors (Lipinski definition) is 2. The highest BCUT2D eigenvalue weighted by molar-refractivity contribution is 5.78. The Labute approximate surface area is 147 Å². The van der Waals surface area contributed by atoms with Crippen molar-refractivity contribution in [3.05, 3.63) is 60.0 Å². The minimum absolute atomic E-state index is 0.0680. The maximum absolute atomic E-state index is 13.5. The molecule has 1 aromatic heterocycles. The Morgan fingerprint density at radius 2 is 2.08 bits per heavy atom. The van der Waals surface area contributed by atoms with Gasteiger partial charge >= 0.3 is 0 Å². The smallest absolute Gasteiger partial charge is 0.234 e. The third kappa shape index (κ3) is 5.26. The van der Waals surface area contributed by atoms with Gasteiger partial charge in [0, 0.05) is 31.4 Å². The summed E-state index contributed by atoms with van der Waals surface area (Å²) in [6, 6.07) is 12.3. The molecule has 0 saturated carbocycles. The summed E-state index contributed by atoms with van der Waals surface area (Å²) in [6.07, 6.45) is 2.82. The fourth-order valence-corrected chi connectivity index (χ4v) is 3.03. The highest BCUT2D eigenvalue weighted by Crippen LogP contribution is 2.16. The average Bonchev–Trinajstić information content (AvgIpc) is 3.07. The number of carbonyl (C=O) groups is 1. The molecule has 0 spiro atoms. The minimum atomic E-state index is -0.287. The van der Waals surface area contributed by atoms with Crippen molar-refractivity contribution in [1.29, 1.82) is 0 Å². The lowest BCUT2D eigenvalue weighted by Gasteiger charge is -2.16. The Morgan fingerprint density at radius 3 is 2.88 bits per heavy atom. The first-order valence-corrected chi connectivity index (χ1v) is 8.58. The number of likely N-dealkylation sites (tertiary alicyclic amines) is 1. The van der Waals surface area contributed by atoms with Crippen LogP contribution < -0.4 is 10.6 Å². The molecule has 132 valence electrons. The van der Waals surface area contributed by atoms with Gasteiger partial charge in [-0.3, -0.25) is 9.69 Å². The maximum atomic E-state index is 13.5. The molecule has 1 aliphatic heterocycles. The van der Waals surface area contributed by atoms with E-state index in [0.29, 0.717) is 18.0 Å². The number of benzene rings is 1. The molecule has 1 fully saturated rings. The molecule has 0 unspecified atom stereocenters. The van der Waals surface area contributed by atoms with Gasteiger partial charge < -0.3 is 10.6 Å². The van der Waals surface area contributed by atoms with E-state index in [9.17, 15) is 9.18 Å². The summed E-state index contributed by atoms with van der Waals surface area (Å²) in [5.74, 6) is 1.02. The number of hydrogen-bond acceptors (Lipinski definition) is 4. The Kier molecular flexibility index (Phi) is 5.95. The highest BCUT2D eigenvalue weighted by atomic mass is 19.1. The summed E-state index contributed by atoms with van der Waals surface area (Å²) in [7, 11) is 0. The number of pyridine rings is 1. The number of carbonyl (C=O) groups excluding carboxylic acids is 1. The SMILES string of the molecule is O=C(CN1CC[C@H](CNc2ccccn2)C1)NCc1ccccc1F. The second-order valence-electron chi connectivity index (χ2n) is 6.35. The van der Waals surface area contributed by atoms with Gasteiger partial charge in [-0.1, -0.05) is 24.3 Å². The third-order valence-corrected chi connectivity index (χ3v) is 4.41.